The lowest BCUT2D eigenvalue weighted by Gasteiger charge is -2.07. The Morgan fingerprint density at radius 3 is 2.57 bits per heavy atom. The number of hydrogen-bond acceptors (Lipinski definition) is 4. The van der Waals surface area contributed by atoms with E-state index in [9.17, 15) is 4.39 Å². The van der Waals surface area contributed by atoms with Crippen molar-refractivity contribution in [3.63, 3.8) is 0 Å². The van der Waals surface area contributed by atoms with Crippen LogP contribution in [0, 0.1) is 5.82 Å². The standard InChI is InChI=1S/C9H8FN3S/c10-7-3-1-6(2-4-7)9(11)8-5-14-13-12-8/h1-5,9H,11H2. The summed E-state index contributed by atoms with van der Waals surface area (Å²) >= 11 is 1.25. The summed E-state index contributed by atoms with van der Waals surface area (Å²) in [7, 11) is 0. The van der Waals surface area contributed by atoms with E-state index in [2.05, 4.69) is 9.59 Å². The Kier molecular flexibility index (Phi) is 2.51. The highest BCUT2D eigenvalue weighted by Gasteiger charge is 2.10. The fourth-order valence-electron chi connectivity index (χ4n) is 1.15. The molecular weight excluding hydrogens is 201 g/mol. The second-order valence-electron chi connectivity index (χ2n) is 2.86. The number of hydrogen-bond donors (Lipinski definition) is 1. The molecule has 1 aromatic carbocycles. The topological polar surface area (TPSA) is 51.8 Å². The average molecular weight is 209 g/mol. The van der Waals surface area contributed by atoms with E-state index in [-0.39, 0.29) is 11.9 Å². The van der Waals surface area contributed by atoms with Gasteiger partial charge in [-0.05, 0) is 29.2 Å². The van der Waals surface area contributed by atoms with Crippen LogP contribution in [-0.4, -0.2) is 9.59 Å². The van der Waals surface area contributed by atoms with Crippen molar-refractivity contribution in [1.29, 1.82) is 0 Å². The molecule has 0 aliphatic rings. The smallest absolute Gasteiger partial charge is 0.123 e. The molecule has 72 valence electrons. The van der Waals surface area contributed by atoms with Crippen LogP contribution in [0.2, 0.25) is 0 Å². The van der Waals surface area contributed by atoms with Gasteiger partial charge in [0.2, 0.25) is 0 Å². The summed E-state index contributed by atoms with van der Waals surface area (Å²) in [5, 5.41) is 5.65. The number of benzene rings is 1. The molecule has 0 aliphatic carbocycles. The van der Waals surface area contributed by atoms with E-state index in [1.165, 1.54) is 23.7 Å². The van der Waals surface area contributed by atoms with E-state index in [4.69, 9.17) is 5.73 Å². The van der Waals surface area contributed by atoms with Crippen LogP contribution in [0.15, 0.2) is 29.6 Å². The minimum absolute atomic E-state index is 0.266. The molecule has 0 saturated carbocycles. The molecule has 0 bridgehead atoms. The Morgan fingerprint density at radius 1 is 1.29 bits per heavy atom. The van der Waals surface area contributed by atoms with Crippen LogP contribution < -0.4 is 5.73 Å². The van der Waals surface area contributed by atoms with Crippen molar-refractivity contribution in [2.45, 2.75) is 6.04 Å². The van der Waals surface area contributed by atoms with Crippen LogP contribution in [0.1, 0.15) is 17.3 Å². The van der Waals surface area contributed by atoms with E-state index in [0.29, 0.717) is 5.69 Å². The van der Waals surface area contributed by atoms with Crippen molar-refractivity contribution in [2.75, 3.05) is 0 Å². The van der Waals surface area contributed by atoms with Crippen molar-refractivity contribution in [3.05, 3.63) is 46.7 Å². The molecule has 2 aromatic rings. The normalized spacial score (nSPS) is 12.7. The fourth-order valence-corrected chi connectivity index (χ4v) is 1.64. The molecule has 5 heteroatoms. The molecule has 0 saturated heterocycles. The maximum absolute atomic E-state index is 12.6. The van der Waals surface area contributed by atoms with Crippen LogP contribution in [-0.2, 0) is 0 Å². The van der Waals surface area contributed by atoms with Gasteiger partial charge < -0.3 is 5.73 Å². The first-order valence-corrected chi connectivity index (χ1v) is 4.89. The minimum Gasteiger partial charge on any atom is -0.319 e. The van der Waals surface area contributed by atoms with Crippen molar-refractivity contribution < 1.29 is 4.39 Å². The third-order valence-electron chi connectivity index (χ3n) is 1.92. The summed E-state index contributed by atoms with van der Waals surface area (Å²) in [5.74, 6) is -0.266. The van der Waals surface area contributed by atoms with Crippen molar-refractivity contribution in [1.82, 2.24) is 9.59 Å². The maximum Gasteiger partial charge on any atom is 0.123 e. The van der Waals surface area contributed by atoms with Gasteiger partial charge in [-0.3, -0.25) is 0 Å². The van der Waals surface area contributed by atoms with Crippen LogP contribution in [0.5, 0.6) is 0 Å². The summed E-state index contributed by atoms with van der Waals surface area (Å²) in [6.45, 7) is 0. The number of nitrogens with zero attached hydrogens (tertiary/aromatic N) is 2. The molecule has 1 unspecified atom stereocenters. The van der Waals surface area contributed by atoms with Gasteiger partial charge in [-0.2, -0.15) is 0 Å². The van der Waals surface area contributed by atoms with Gasteiger partial charge in [-0.1, -0.05) is 16.6 Å². The van der Waals surface area contributed by atoms with Gasteiger partial charge in [0.1, 0.15) is 5.82 Å². The van der Waals surface area contributed by atoms with Gasteiger partial charge in [0.25, 0.3) is 0 Å². The van der Waals surface area contributed by atoms with Gasteiger partial charge in [0, 0.05) is 5.38 Å². The number of halogens is 1. The Balaban J connectivity index is 2.28. The molecule has 1 atom stereocenters. The van der Waals surface area contributed by atoms with Crippen molar-refractivity contribution in [3.8, 4) is 0 Å². The van der Waals surface area contributed by atoms with Crippen LogP contribution in [0.4, 0.5) is 4.39 Å². The Bertz CT molecular complexity index is 399. The van der Waals surface area contributed by atoms with Gasteiger partial charge in [-0.15, -0.1) is 5.10 Å². The monoisotopic (exact) mass is 209 g/mol. The second-order valence-corrected chi connectivity index (χ2v) is 3.47. The third-order valence-corrected chi connectivity index (χ3v) is 2.45. The summed E-state index contributed by atoms with van der Waals surface area (Å²) in [6, 6.07) is 5.75. The number of aromatic nitrogens is 2. The van der Waals surface area contributed by atoms with Crippen LogP contribution in [0.25, 0.3) is 0 Å². The summed E-state index contributed by atoms with van der Waals surface area (Å²) in [6.07, 6.45) is 0. The van der Waals surface area contributed by atoms with Crippen molar-refractivity contribution >= 4 is 11.5 Å². The summed E-state index contributed by atoms with van der Waals surface area (Å²) < 4.78 is 16.3. The molecule has 0 spiro atoms. The zero-order valence-electron chi connectivity index (χ0n) is 7.22. The molecule has 1 aromatic heterocycles. The first kappa shape index (κ1) is 9.23. The molecule has 0 fully saturated rings. The van der Waals surface area contributed by atoms with E-state index in [0.717, 1.165) is 5.56 Å². The molecule has 0 aliphatic heterocycles. The summed E-state index contributed by atoms with van der Waals surface area (Å²) in [5.41, 5.74) is 7.43. The molecular formula is C9H8FN3S. The predicted molar refractivity (Wildman–Crippen MR) is 52.3 cm³/mol. The number of nitrogens with two attached hydrogens (primary N) is 1. The SMILES string of the molecule is NC(c1ccc(F)cc1)c1csnn1. The lowest BCUT2D eigenvalue weighted by atomic mass is 10.1. The average Bonchev–Trinajstić information content (AvgIpc) is 2.71. The van der Waals surface area contributed by atoms with Gasteiger partial charge >= 0.3 is 0 Å². The molecule has 0 amide bonds. The van der Waals surface area contributed by atoms with Crippen molar-refractivity contribution in [2.24, 2.45) is 5.73 Å². The van der Waals surface area contributed by atoms with E-state index in [1.807, 2.05) is 0 Å². The maximum atomic E-state index is 12.6. The molecule has 1 heterocycles. The van der Waals surface area contributed by atoms with E-state index >= 15 is 0 Å². The Labute approximate surface area is 84.5 Å². The summed E-state index contributed by atoms with van der Waals surface area (Å²) in [4.78, 5) is 0. The fraction of sp³-hybridized carbons (Fsp3) is 0.111. The lowest BCUT2D eigenvalue weighted by Crippen LogP contribution is -2.12. The highest BCUT2D eigenvalue weighted by molar-refractivity contribution is 7.03. The molecule has 0 radical (unpaired) electrons. The Hall–Kier alpha value is -1.33. The predicted octanol–water partition coefficient (Wildman–Crippen LogP) is 1.73. The minimum atomic E-state index is -0.325. The van der Waals surface area contributed by atoms with Crippen LogP contribution in [0.3, 0.4) is 0 Å². The zero-order chi connectivity index (χ0) is 9.97. The highest BCUT2D eigenvalue weighted by Crippen LogP contribution is 2.18. The lowest BCUT2D eigenvalue weighted by molar-refractivity contribution is 0.626. The quantitative estimate of drug-likeness (QED) is 0.819. The number of rotatable bonds is 2. The first-order chi connectivity index (χ1) is 6.77. The first-order valence-electron chi connectivity index (χ1n) is 4.05. The van der Waals surface area contributed by atoms with Gasteiger partial charge in [-0.25, -0.2) is 4.39 Å². The molecule has 2 rings (SSSR count). The van der Waals surface area contributed by atoms with Gasteiger partial charge in [0.05, 0.1) is 11.7 Å². The largest absolute Gasteiger partial charge is 0.319 e. The third kappa shape index (κ3) is 1.78. The molecule has 2 N–H and O–H groups in total. The zero-order valence-corrected chi connectivity index (χ0v) is 8.04. The van der Waals surface area contributed by atoms with Gasteiger partial charge in [0.15, 0.2) is 0 Å². The Morgan fingerprint density at radius 2 is 2.00 bits per heavy atom. The van der Waals surface area contributed by atoms with Crippen LogP contribution >= 0.6 is 11.5 Å². The highest BCUT2D eigenvalue weighted by atomic mass is 32.1. The molecule has 3 nitrogen and oxygen atoms in total. The molecule has 14 heavy (non-hydrogen) atoms. The van der Waals surface area contributed by atoms with E-state index < -0.39 is 0 Å². The second kappa shape index (κ2) is 3.81. The van der Waals surface area contributed by atoms with E-state index in [1.54, 1.807) is 17.5 Å².